The Morgan fingerprint density at radius 2 is 1.80 bits per heavy atom. The minimum absolute atomic E-state index is 0.0359. The van der Waals surface area contributed by atoms with E-state index in [9.17, 15) is 24.5 Å². The van der Waals surface area contributed by atoms with Crippen LogP contribution in [0.25, 0.3) is 0 Å². The molecule has 0 radical (unpaired) electrons. The molecule has 0 saturated heterocycles. The van der Waals surface area contributed by atoms with E-state index in [0.717, 1.165) is 11.6 Å². The molecule has 35 heavy (non-hydrogen) atoms. The summed E-state index contributed by atoms with van der Waals surface area (Å²) in [6.07, 6.45) is 0. The lowest BCUT2D eigenvalue weighted by Crippen LogP contribution is -2.31. The first-order valence-corrected chi connectivity index (χ1v) is 10.5. The van der Waals surface area contributed by atoms with Gasteiger partial charge in [0.2, 0.25) is 0 Å². The summed E-state index contributed by atoms with van der Waals surface area (Å²) in [4.78, 5) is 48.5. The van der Waals surface area contributed by atoms with Gasteiger partial charge in [-0.1, -0.05) is 12.1 Å². The predicted molar refractivity (Wildman–Crippen MR) is 125 cm³/mol. The van der Waals surface area contributed by atoms with Crippen molar-refractivity contribution >= 4 is 34.9 Å². The number of hydrogen-bond donors (Lipinski definition) is 3. The van der Waals surface area contributed by atoms with E-state index < -0.39 is 22.8 Å². The third-order valence-electron chi connectivity index (χ3n) is 5.28. The van der Waals surface area contributed by atoms with Crippen molar-refractivity contribution in [1.29, 1.82) is 0 Å². The number of rotatable bonds is 10. The van der Waals surface area contributed by atoms with E-state index in [-0.39, 0.29) is 42.2 Å². The number of aliphatic hydroxyl groups excluding tert-OH is 1. The van der Waals surface area contributed by atoms with Gasteiger partial charge in [-0.2, -0.15) is 0 Å². The number of β-amino-alcohol motifs (C(OH)–C–C–N with tert-alkyl or cyclic N) is 1. The number of benzene rings is 2. The number of non-ortho nitro benzene ring substituents is 1. The summed E-state index contributed by atoms with van der Waals surface area (Å²) in [6, 6.07) is 10.8. The molecule has 0 unspecified atom stereocenters. The lowest BCUT2D eigenvalue weighted by molar-refractivity contribution is -0.384. The van der Waals surface area contributed by atoms with E-state index in [1.54, 1.807) is 24.3 Å². The Morgan fingerprint density at radius 1 is 1.11 bits per heavy atom. The Bertz CT molecular complexity index is 1180. The van der Waals surface area contributed by atoms with Crippen LogP contribution in [0.5, 0.6) is 0 Å². The standard InChI is InChI=1S/C23H24N4O8/c1-34-22(30)17-11-16(27(32)33)7-8-19(17)24-12-14-3-5-15(6-4-14)25-20-18(23(31)35-2)13-26(9-10-28)21(20)29/h3-8,11,24-25,28H,9-10,12-13H2,1-2H3. The lowest BCUT2D eigenvalue weighted by Gasteiger charge is -2.15. The number of nitrogens with zero attached hydrogens (tertiary/aromatic N) is 2. The van der Waals surface area contributed by atoms with Gasteiger partial charge in [-0.25, -0.2) is 9.59 Å². The smallest absolute Gasteiger partial charge is 0.340 e. The number of esters is 2. The normalized spacial score (nSPS) is 13.0. The number of nitro benzene ring substituents is 1. The van der Waals surface area contributed by atoms with Gasteiger partial charge < -0.3 is 30.1 Å². The molecule has 0 spiro atoms. The van der Waals surface area contributed by atoms with Crippen LogP contribution < -0.4 is 10.6 Å². The third kappa shape index (κ3) is 5.73. The van der Waals surface area contributed by atoms with Crippen LogP contribution >= 0.6 is 0 Å². The van der Waals surface area contributed by atoms with Crippen molar-refractivity contribution in [3.63, 3.8) is 0 Å². The predicted octanol–water partition coefficient (Wildman–Crippen LogP) is 1.67. The summed E-state index contributed by atoms with van der Waals surface area (Å²) < 4.78 is 9.48. The lowest BCUT2D eigenvalue weighted by atomic mass is 10.1. The molecule has 0 saturated carbocycles. The molecule has 1 amide bonds. The fraction of sp³-hybridized carbons (Fsp3) is 0.261. The largest absolute Gasteiger partial charge is 0.466 e. The van der Waals surface area contributed by atoms with Crippen molar-refractivity contribution in [3.05, 3.63) is 75.0 Å². The first-order chi connectivity index (χ1) is 16.8. The number of nitro groups is 1. The van der Waals surface area contributed by atoms with Gasteiger partial charge in [0.15, 0.2) is 0 Å². The zero-order valence-electron chi connectivity index (χ0n) is 19.1. The molecule has 0 aromatic heterocycles. The molecule has 2 aromatic rings. The average Bonchev–Trinajstić information content (AvgIpc) is 3.17. The Hall–Kier alpha value is -4.45. The maximum atomic E-state index is 12.6. The van der Waals surface area contributed by atoms with E-state index >= 15 is 0 Å². The molecule has 1 aliphatic heterocycles. The Morgan fingerprint density at radius 3 is 2.40 bits per heavy atom. The number of carbonyl (C=O) groups is 3. The number of anilines is 2. The van der Waals surface area contributed by atoms with Crippen molar-refractivity contribution in [2.24, 2.45) is 0 Å². The van der Waals surface area contributed by atoms with Gasteiger partial charge in [0, 0.05) is 36.6 Å². The summed E-state index contributed by atoms with van der Waals surface area (Å²) in [5, 5.41) is 26.2. The van der Waals surface area contributed by atoms with Crippen molar-refractivity contribution in [2.75, 3.05) is 44.5 Å². The molecule has 2 aromatic carbocycles. The molecule has 3 N–H and O–H groups in total. The van der Waals surface area contributed by atoms with Crippen LogP contribution in [0.15, 0.2) is 53.7 Å². The number of methoxy groups -OCH3 is 2. The summed E-state index contributed by atoms with van der Waals surface area (Å²) in [5.41, 5.74) is 1.80. The molecule has 184 valence electrons. The van der Waals surface area contributed by atoms with Crippen molar-refractivity contribution in [3.8, 4) is 0 Å². The molecule has 1 heterocycles. The molecule has 12 nitrogen and oxygen atoms in total. The van der Waals surface area contributed by atoms with E-state index in [2.05, 4.69) is 10.6 Å². The second-order valence-electron chi connectivity index (χ2n) is 7.45. The fourth-order valence-electron chi connectivity index (χ4n) is 3.48. The fourth-order valence-corrected chi connectivity index (χ4v) is 3.48. The average molecular weight is 484 g/mol. The first-order valence-electron chi connectivity index (χ1n) is 10.5. The molecule has 3 rings (SSSR count). The molecule has 1 aliphatic rings. The van der Waals surface area contributed by atoms with E-state index in [1.165, 1.54) is 31.3 Å². The van der Waals surface area contributed by atoms with Crippen LogP contribution in [0.1, 0.15) is 15.9 Å². The van der Waals surface area contributed by atoms with Crippen LogP contribution in [0, 0.1) is 10.1 Å². The number of nitrogens with one attached hydrogen (secondary N) is 2. The SMILES string of the molecule is COC(=O)C1=C(Nc2ccc(CNc3ccc([N+](=O)[O-])cc3C(=O)OC)cc2)C(=O)N(CCO)C1. The second-order valence-corrected chi connectivity index (χ2v) is 7.45. The molecule has 0 atom stereocenters. The second kappa shape index (κ2) is 11.1. The molecule has 0 fully saturated rings. The third-order valence-corrected chi connectivity index (χ3v) is 5.28. The number of hydrogen-bond acceptors (Lipinski definition) is 10. The van der Waals surface area contributed by atoms with Crippen molar-refractivity contribution in [2.45, 2.75) is 6.54 Å². The molecule has 0 bridgehead atoms. The van der Waals surface area contributed by atoms with Crippen LogP contribution in [-0.2, 0) is 25.6 Å². The van der Waals surface area contributed by atoms with Crippen LogP contribution in [-0.4, -0.2) is 66.7 Å². The van der Waals surface area contributed by atoms with E-state index in [4.69, 9.17) is 14.6 Å². The van der Waals surface area contributed by atoms with Crippen LogP contribution in [0.3, 0.4) is 0 Å². The topological polar surface area (TPSA) is 160 Å². The molecule has 0 aliphatic carbocycles. The number of aliphatic hydroxyl groups is 1. The highest BCUT2D eigenvalue weighted by Gasteiger charge is 2.34. The minimum atomic E-state index is -0.707. The van der Waals surface area contributed by atoms with Crippen molar-refractivity contribution < 1.29 is 33.9 Å². The zero-order valence-corrected chi connectivity index (χ0v) is 19.1. The van der Waals surface area contributed by atoms with Crippen LogP contribution in [0.4, 0.5) is 17.1 Å². The van der Waals surface area contributed by atoms with Gasteiger partial charge in [-0.05, 0) is 23.8 Å². The van der Waals surface area contributed by atoms with E-state index in [0.29, 0.717) is 17.9 Å². The van der Waals surface area contributed by atoms with Gasteiger partial charge in [0.25, 0.3) is 11.6 Å². The summed E-state index contributed by atoms with van der Waals surface area (Å²) in [5.74, 6) is -1.76. The Kier molecular flexibility index (Phi) is 8.00. The quantitative estimate of drug-likeness (QED) is 0.257. The first kappa shape index (κ1) is 25.2. The molecular formula is C23H24N4O8. The van der Waals surface area contributed by atoms with Crippen LogP contribution in [0.2, 0.25) is 0 Å². The van der Waals surface area contributed by atoms with Gasteiger partial charge >= 0.3 is 11.9 Å². The minimum Gasteiger partial charge on any atom is -0.466 e. The molecule has 12 heteroatoms. The summed E-state index contributed by atoms with van der Waals surface area (Å²) in [7, 11) is 2.42. The van der Waals surface area contributed by atoms with E-state index in [1.807, 2.05) is 0 Å². The number of amides is 1. The number of ether oxygens (including phenoxy) is 2. The summed E-state index contributed by atoms with van der Waals surface area (Å²) in [6.45, 7) is 0.183. The highest BCUT2D eigenvalue weighted by atomic mass is 16.6. The Labute approximate surface area is 200 Å². The van der Waals surface area contributed by atoms with Crippen molar-refractivity contribution in [1.82, 2.24) is 4.90 Å². The number of carbonyl (C=O) groups excluding carboxylic acids is 3. The maximum absolute atomic E-state index is 12.6. The Balaban J connectivity index is 1.73. The zero-order chi connectivity index (χ0) is 25.5. The van der Waals surface area contributed by atoms with Gasteiger partial charge in [0.1, 0.15) is 5.70 Å². The maximum Gasteiger partial charge on any atom is 0.340 e. The molecular weight excluding hydrogens is 460 g/mol. The van der Waals surface area contributed by atoms with Gasteiger partial charge in [-0.15, -0.1) is 0 Å². The highest BCUT2D eigenvalue weighted by Crippen LogP contribution is 2.25. The van der Waals surface area contributed by atoms with Gasteiger partial charge in [0.05, 0.1) is 43.4 Å². The monoisotopic (exact) mass is 484 g/mol. The summed E-state index contributed by atoms with van der Waals surface area (Å²) >= 11 is 0. The van der Waals surface area contributed by atoms with Gasteiger partial charge in [-0.3, -0.25) is 14.9 Å². The highest BCUT2D eigenvalue weighted by molar-refractivity contribution is 6.08.